The summed E-state index contributed by atoms with van der Waals surface area (Å²) in [6.07, 6.45) is 1.47. The van der Waals surface area contributed by atoms with Gasteiger partial charge in [-0.05, 0) is 49.2 Å². The first-order valence-corrected chi connectivity index (χ1v) is 8.43. The second-order valence-electron chi connectivity index (χ2n) is 5.85. The molecule has 1 aliphatic rings. The zero-order valence-electron chi connectivity index (χ0n) is 13.8. The molecular weight excluding hydrogens is 338 g/mol. The Labute approximate surface area is 151 Å². The largest absolute Gasteiger partial charge is 0.312 e. The highest BCUT2D eigenvalue weighted by Gasteiger charge is 2.21. The van der Waals surface area contributed by atoms with Crippen LogP contribution in [0.2, 0.25) is 5.02 Å². The molecule has 0 unspecified atom stereocenters. The monoisotopic (exact) mass is 355 g/mol. The second kappa shape index (κ2) is 7.49. The number of nitrogens with one attached hydrogen (secondary N) is 1. The second-order valence-corrected chi connectivity index (χ2v) is 6.28. The molecule has 0 aromatic heterocycles. The molecular formula is C19H18ClN3O2. The predicted molar refractivity (Wildman–Crippen MR) is 99.2 cm³/mol. The van der Waals surface area contributed by atoms with Gasteiger partial charge in [-0.25, -0.2) is 5.43 Å². The molecule has 6 heteroatoms. The van der Waals surface area contributed by atoms with Crippen LogP contribution in [0.4, 0.5) is 5.69 Å². The van der Waals surface area contributed by atoms with Crippen molar-refractivity contribution in [2.24, 2.45) is 5.10 Å². The Morgan fingerprint density at radius 3 is 2.64 bits per heavy atom. The summed E-state index contributed by atoms with van der Waals surface area (Å²) in [6.45, 7) is 2.55. The van der Waals surface area contributed by atoms with Gasteiger partial charge >= 0.3 is 0 Å². The van der Waals surface area contributed by atoms with E-state index in [0.717, 1.165) is 24.2 Å². The number of nitrogens with zero attached hydrogens (tertiary/aromatic N) is 2. The van der Waals surface area contributed by atoms with Crippen molar-refractivity contribution in [1.82, 2.24) is 5.43 Å². The smallest absolute Gasteiger partial charge is 0.271 e. The van der Waals surface area contributed by atoms with Gasteiger partial charge in [-0.15, -0.1) is 0 Å². The molecule has 25 heavy (non-hydrogen) atoms. The van der Waals surface area contributed by atoms with E-state index in [2.05, 4.69) is 10.5 Å². The first-order chi connectivity index (χ1) is 12.0. The Morgan fingerprint density at radius 2 is 1.92 bits per heavy atom. The number of anilines is 1. The van der Waals surface area contributed by atoms with Gasteiger partial charge in [0.2, 0.25) is 5.91 Å². The number of halogens is 1. The van der Waals surface area contributed by atoms with Crippen molar-refractivity contribution >= 4 is 34.8 Å². The SMILES string of the molecule is C/C(=N/NC(=O)c1cccc(Cl)c1)c1cccc(N2CCCC2=O)c1. The summed E-state index contributed by atoms with van der Waals surface area (Å²) < 4.78 is 0. The molecule has 3 rings (SSSR count). The molecule has 1 aliphatic heterocycles. The number of hydrazone groups is 1. The van der Waals surface area contributed by atoms with Crippen LogP contribution in [-0.2, 0) is 4.79 Å². The lowest BCUT2D eigenvalue weighted by molar-refractivity contribution is -0.117. The van der Waals surface area contributed by atoms with Crippen LogP contribution in [0.3, 0.4) is 0 Å². The first-order valence-electron chi connectivity index (χ1n) is 8.05. The van der Waals surface area contributed by atoms with Gasteiger partial charge in [-0.2, -0.15) is 5.10 Å². The molecule has 0 atom stereocenters. The van der Waals surface area contributed by atoms with Crippen LogP contribution in [0.15, 0.2) is 53.6 Å². The standard InChI is InChI=1S/C19H18ClN3O2/c1-13(21-22-19(25)15-6-2-7-16(20)11-15)14-5-3-8-17(12-14)23-10-4-9-18(23)24/h2-3,5-8,11-12H,4,9-10H2,1H3,(H,22,25)/b21-13-. The Kier molecular flexibility index (Phi) is 5.14. The van der Waals surface area contributed by atoms with Gasteiger partial charge in [0.1, 0.15) is 0 Å². The first kappa shape index (κ1) is 17.2. The third-order valence-corrected chi connectivity index (χ3v) is 4.30. The lowest BCUT2D eigenvalue weighted by atomic mass is 10.1. The topological polar surface area (TPSA) is 61.8 Å². The Bertz CT molecular complexity index is 848. The number of carbonyl (C=O) groups excluding carboxylic acids is 2. The maximum absolute atomic E-state index is 12.1. The zero-order valence-corrected chi connectivity index (χ0v) is 14.6. The van der Waals surface area contributed by atoms with Gasteiger partial charge in [-0.3, -0.25) is 9.59 Å². The van der Waals surface area contributed by atoms with Crippen LogP contribution >= 0.6 is 11.6 Å². The average molecular weight is 356 g/mol. The van der Waals surface area contributed by atoms with Gasteiger partial charge < -0.3 is 4.90 Å². The van der Waals surface area contributed by atoms with Crippen LogP contribution < -0.4 is 10.3 Å². The molecule has 0 aliphatic carbocycles. The molecule has 0 spiro atoms. The number of rotatable bonds is 4. The molecule has 1 fully saturated rings. The molecule has 2 amide bonds. The van der Waals surface area contributed by atoms with E-state index in [1.54, 1.807) is 29.2 Å². The lowest BCUT2D eigenvalue weighted by Crippen LogP contribution is -2.24. The summed E-state index contributed by atoms with van der Waals surface area (Å²) >= 11 is 5.89. The summed E-state index contributed by atoms with van der Waals surface area (Å²) in [6, 6.07) is 14.3. The van der Waals surface area contributed by atoms with E-state index in [4.69, 9.17) is 11.6 Å². The molecule has 128 valence electrons. The van der Waals surface area contributed by atoms with E-state index in [0.29, 0.717) is 22.7 Å². The number of carbonyl (C=O) groups is 2. The third-order valence-electron chi connectivity index (χ3n) is 4.06. The summed E-state index contributed by atoms with van der Waals surface area (Å²) in [7, 11) is 0. The van der Waals surface area contributed by atoms with Gasteiger partial charge in [0.05, 0.1) is 5.71 Å². The van der Waals surface area contributed by atoms with Crippen molar-refractivity contribution < 1.29 is 9.59 Å². The van der Waals surface area contributed by atoms with Crippen molar-refractivity contribution in [1.29, 1.82) is 0 Å². The van der Waals surface area contributed by atoms with E-state index in [-0.39, 0.29) is 11.8 Å². The van der Waals surface area contributed by atoms with Crippen LogP contribution in [-0.4, -0.2) is 24.1 Å². The lowest BCUT2D eigenvalue weighted by Gasteiger charge is -2.16. The minimum absolute atomic E-state index is 0.140. The number of hydrogen-bond donors (Lipinski definition) is 1. The van der Waals surface area contributed by atoms with E-state index in [9.17, 15) is 9.59 Å². The number of benzene rings is 2. The van der Waals surface area contributed by atoms with Crippen molar-refractivity contribution in [3.63, 3.8) is 0 Å². The van der Waals surface area contributed by atoms with E-state index < -0.39 is 0 Å². The fourth-order valence-corrected chi connectivity index (χ4v) is 2.90. The van der Waals surface area contributed by atoms with E-state index in [1.807, 2.05) is 31.2 Å². The summed E-state index contributed by atoms with van der Waals surface area (Å²) in [5, 5.41) is 4.65. The quantitative estimate of drug-likeness (QED) is 0.672. The molecule has 2 aromatic rings. The van der Waals surface area contributed by atoms with Crippen molar-refractivity contribution in [3.05, 3.63) is 64.7 Å². The number of hydrogen-bond acceptors (Lipinski definition) is 3. The Morgan fingerprint density at radius 1 is 1.16 bits per heavy atom. The van der Waals surface area contributed by atoms with Crippen molar-refractivity contribution in [2.75, 3.05) is 11.4 Å². The molecule has 0 radical (unpaired) electrons. The molecule has 2 aromatic carbocycles. The highest BCUT2D eigenvalue weighted by Crippen LogP contribution is 2.22. The van der Waals surface area contributed by atoms with Gasteiger partial charge in [0.15, 0.2) is 0 Å². The molecule has 0 saturated carbocycles. The van der Waals surface area contributed by atoms with Gasteiger partial charge in [0, 0.05) is 29.2 Å². The Hall–Kier alpha value is -2.66. The van der Waals surface area contributed by atoms with Crippen LogP contribution in [0.25, 0.3) is 0 Å². The highest BCUT2D eigenvalue weighted by atomic mass is 35.5. The molecule has 5 nitrogen and oxygen atoms in total. The van der Waals surface area contributed by atoms with Gasteiger partial charge in [-0.1, -0.05) is 29.8 Å². The van der Waals surface area contributed by atoms with Crippen LogP contribution in [0.5, 0.6) is 0 Å². The average Bonchev–Trinajstić information content (AvgIpc) is 3.05. The molecule has 1 saturated heterocycles. The number of amides is 2. The van der Waals surface area contributed by atoms with Crippen LogP contribution in [0.1, 0.15) is 35.7 Å². The van der Waals surface area contributed by atoms with Crippen LogP contribution in [0, 0.1) is 0 Å². The highest BCUT2D eigenvalue weighted by molar-refractivity contribution is 6.31. The molecule has 1 N–H and O–H groups in total. The third kappa shape index (κ3) is 4.06. The van der Waals surface area contributed by atoms with Crippen molar-refractivity contribution in [2.45, 2.75) is 19.8 Å². The minimum atomic E-state index is -0.326. The fourth-order valence-electron chi connectivity index (χ4n) is 2.71. The zero-order chi connectivity index (χ0) is 17.8. The maximum atomic E-state index is 12.1. The fraction of sp³-hybridized carbons (Fsp3) is 0.211. The van der Waals surface area contributed by atoms with E-state index in [1.165, 1.54) is 0 Å². The predicted octanol–water partition coefficient (Wildman–Crippen LogP) is 3.62. The maximum Gasteiger partial charge on any atom is 0.271 e. The van der Waals surface area contributed by atoms with Crippen molar-refractivity contribution in [3.8, 4) is 0 Å². The van der Waals surface area contributed by atoms with Gasteiger partial charge in [0.25, 0.3) is 5.91 Å². The minimum Gasteiger partial charge on any atom is -0.312 e. The summed E-state index contributed by atoms with van der Waals surface area (Å²) in [5.41, 5.74) is 5.34. The molecule has 1 heterocycles. The summed E-state index contributed by atoms with van der Waals surface area (Å²) in [4.78, 5) is 25.8. The normalized spacial score (nSPS) is 14.7. The summed E-state index contributed by atoms with van der Waals surface area (Å²) in [5.74, 6) is -0.186. The molecule has 0 bridgehead atoms. The van der Waals surface area contributed by atoms with E-state index >= 15 is 0 Å². The Balaban J connectivity index is 1.74.